The van der Waals surface area contributed by atoms with E-state index in [1.165, 1.54) is 30.4 Å². The first kappa shape index (κ1) is 14.4. The quantitative estimate of drug-likeness (QED) is 0.564. The maximum atomic E-state index is 2.60. The molecule has 0 aromatic rings. The minimum Gasteiger partial charge on any atom is -0.0795 e. The third kappa shape index (κ3) is 1.64. The normalized spacial score (nSPS) is 39.3. The van der Waals surface area contributed by atoms with Crippen LogP contribution in [0.4, 0.5) is 0 Å². The maximum Gasteiger partial charge on any atom is 0.0354 e. The molecule has 0 bridgehead atoms. The summed E-state index contributed by atoms with van der Waals surface area (Å²) < 4.78 is 0. The van der Waals surface area contributed by atoms with Crippen LogP contribution in [0, 0.1) is 29.6 Å². The largest absolute Gasteiger partial charge is 0.0795 e. The second-order valence-electron chi connectivity index (χ2n) is 8.69. The highest BCUT2D eigenvalue weighted by Crippen LogP contribution is 2.64. The summed E-state index contributed by atoms with van der Waals surface area (Å²) in [6, 6.07) is 0. The van der Waals surface area contributed by atoms with Gasteiger partial charge in [0, 0.05) is 5.92 Å². The Kier molecular flexibility index (Phi) is 2.80. The van der Waals surface area contributed by atoms with Gasteiger partial charge in [-0.05, 0) is 75.5 Å². The molecule has 0 heteroatoms. The van der Waals surface area contributed by atoms with E-state index in [-0.39, 0.29) is 0 Å². The Labute approximate surface area is 151 Å². The summed E-state index contributed by atoms with van der Waals surface area (Å²) in [5.74, 6) is 3.86. The van der Waals surface area contributed by atoms with Crippen molar-refractivity contribution in [3.8, 4) is 0 Å². The molecule has 0 aromatic carbocycles. The van der Waals surface area contributed by atoms with E-state index in [2.05, 4.69) is 56.4 Å². The third-order valence-electron chi connectivity index (χ3n) is 7.84. The van der Waals surface area contributed by atoms with Gasteiger partial charge < -0.3 is 0 Å². The second-order valence-corrected chi connectivity index (χ2v) is 8.69. The lowest BCUT2D eigenvalue weighted by Crippen LogP contribution is -2.24. The predicted molar refractivity (Wildman–Crippen MR) is 104 cm³/mol. The van der Waals surface area contributed by atoms with E-state index in [1.807, 2.05) is 0 Å². The van der Waals surface area contributed by atoms with Crippen molar-refractivity contribution in [1.82, 2.24) is 0 Å². The van der Waals surface area contributed by atoms with E-state index in [0.29, 0.717) is 5.92 Å². The average molecular weight is 326 g/mol. The summed E-state index contributed by atoms with van der Waals surface area (Å²) >= 11 is 0. The van der Waals surface area contributed by atoms with Crippen molar-refractivity contribution >= 4 is 0 Å². The lowest BCUT2D eigenvalue weighted by Gasteiger charge is -2.38. The van der Waals surface area contributed by atoms with Gasteiger partial charge in [-0.25, -0.2) is 0 Å². The van der Waals surface area contributed by atoms with Crippen LogP contribution in [0.25, 0.3) is 0 Å². The Morgan fingerprint density at radius 1 is 0.920 bits per heavy atom. The van der Waals surface area contributed by atoms with E-state index >= 15 is 0 Å². The Hall–Kier alpha value is -1.82. The molecule has 0 aromatic heterocycles. The highest BCUT2D eigenvalue weighted by atomic mass is 14.6. The molecule has 5 atom stereocenters. The number of allylic oxidation sites excluding steroid dienone is 14. The number of fused-ring (bicyclic) bond motifs is 3. The van der Waals surface area contributed by atoms with Gasteiger partial charge in [0.2, 0.25) is 0 Å². The van der Waals surface area contributed by atoms with Gasteiger partial charge in [0.15, 0.2) is 0 Å². The van der Waals surface area contributed by atoms with E-state index in [9.17, 15) is 0 Å². The first-order valence-electron chi connectivity index (χ1n) is 10.3. The first-order valence-corrected chi connectivity index (χ1v) is 10.3. The van der Waals surface area contributed by atoms with Gasteiger partial charge >= 0.3 is 0 Å². The molecule has 0 aliphatic heterocycles. The summed E-state index contributed by atoms with van der Waals surface area (Å²) in [6.07, 6.45) is 22.3. The third-order valence-corrected chi connectivity index (χ3v) is 7.84. The van der Waals surface area contributed by atoms with Gasteiger partial charge in [-0.15, -0.1) is 0 Å². The molecule has 1 fully saturated rings. The fourth-order valence-corrected chi connectivity index (χ4v) is 6.85. The van der Waals surface area contributed by atoms with Crippen LogP contribution in [0.5, 0.6) is 0 Å². The van der Waals surface area contributed by atoms with Gasteiger partial charge in [-0.1, -0.05) is 69.2 Å². The van der Waals surface area contributed by atoms with Gasteiger partial charge in [0.05, 0.1) is 0 Å². The molecular weight excluding hydrogens is 300 g/mol. The highest BCUT2D eigenvalue weighted by Gasteiger charge is 2.53. The summed E-state index contributed by atoms with van der Waals surface area (Å²) in [5, 5.41) is 0. The molecule has 0 heterocycles. The molecular formula is C25H26. The molecule has 5 unspecified atom stereocenters. The maximum absolute atomic E-state index is 2.60. The highest BCUT2D eigenvalue weighted by molar-refractivity contribution is 5.73. The molecule has 6 aliphatic carbocycles. The zero-order chi connectivity index (χ0) is 16.7. The number of rotatable bonds is 2. The molecule has 0 spiro atoms. The van der Waals surface area contributed by atoms with Gasteiger partial charge in [-0.2, -0.15) is 0 Å². The van der Waals surface area contributed by atoms with Crippen molar-refractivity contribution < 1.29 is 0 Å². The monoisotopic (exact) mass is 326 g/mol. The van der Waals surface area contributed by atoms with Crippen LogP contribution in [0.2, 0.25) is 0 Å². The summed E-state index contributed by atoms with van der Waals surface area (Å²) in [6.45, 7) is 4.82. The Bertz CT molecular complexity index is 892. The van der Waals surface area contributed by atoms with Crippen LogP contribution in [0.15, 0.2) is 81.5 Å². The van der Waals surface area contributed by atoms with Gasteiger partial charge in [0.25, 0.3) is 0 Å². The van der Waals surface area contributed by atoms with Crippen LogP contribution in [-0.4, -0.2) is 0 Å². The fourth-order valence-electron chi connectivity index (χ4n) is 6.85. The smallest absolute Gasteiger partial charge is 0.0354 e. The van der Waals surface area contributed by atoms with Crippen LogP contribution in [0.1, 0.15) is 39.5 Å². The molecule has 126 valence electrons. The molecule has 0 radical (unpaired) electrons. The second kappa shape index (κ2) is 4.87. The fraction of sp³-hybridized carbons (Fsp3) is 0.440. The zero-order valence-corrected chi connectivity index (χ0v) is 15.3. The van der Waals surface area contributed by atoms with Crippen LogP contribution >= 0.6 is 0 Å². The minimum atomic E-state index is 0.542. The van der Waals surface area contributed by atoms with Crippen molar-refractivity contribution in [2.75, 3.05) is 0 Å². The Morgan fingerprint density at radius 2 is 1.76 bits per heavy atom. The summed E-state index contributed by atoms with van der Waals surface area (Å²) in [4.78, 5) is 0. The van der Waals surface area contributed by atoms with Gasteiger partial charge in [0.1, 0.15) is 0 Å². The lowest BCUT2D eigenvalue weighted by atomic mass is 9.66. The molecule has 6 rings (SSSR count). The van der Waals surface area contributed by atoms with Crippen molar-refractivity contribution in [3.05, 3.63) is 81.5 Å². The molecule has 0 nitrogen and oxygen atoms in total. The molecule has 6 aliphatic rings. The Morgan fingerprint density at radius 3 is 2.60 bits per heavy atom. The SMILES string of the molecule is CCC1CC(CC)C2C3=C4C(=CC5=C6C(=CC=C(C=C3)C64)CC=C5)C12. The van der Waals surface area contributed by atoms with Crippen molar-refractivity contribution in [2.24, 2.45) is 29.6 Å². The van der Waals surface area contributed by atoms with Crippen molar-refractivity contribution in [2.45, 2.75) is 39.5 Å². The number of hydrogen-bond donors (Lipinski definition) is 0. The first-order chi connectivity index (χ1) is 12.3. The van der Waals surface area contributed by atoms with Crippen LogP contribution in [-0.2, 0) is 0 Å². The minimum absolute atomic E-state index is 0.542. The molecule has 0 amide bonds. The molecule has 25 heavy (non-hydrogen) atoms. The standard InChI is InChI=1S/C25H26/c1-3-14-12-15(4-2)23-20-13-18-7-5-6-16-8-9-17-10-11-19(22(14)23)25(20)24(17)21(16)18/h5,7-11,13-15,22-24H,3-4,6,12H2,1-2H3. The molecule has 1 saturated carbocycles. The van der Waals surface area contributed by atoms with Crippen molar-refractivity contribution in [1.29, 1.82) is 0 Å². The van der Waals surface area contributed by atoms with E-state index < -0.39 is 0 Å². The van der Waals surface area contributed by atoms with E-state index in [1.54, 1.807) is 27.9 Å². The van der Waals surface area contributed by atoms with Gasteiger partial charge in [-0.3, -0.25) is 0 Å². The lowest BCUT2D eigenvalue weighted by molar-refractivity contribution is 0.388. The molecule has 0 N–H and O–H groups in total. The zero-order valence-electron chi connectivity index (χ0n) is 15.3. The predicted octanol–water partition coefficient (Wildman–Crippen LogP) is 6.23. The summed E-state index contributed by atoms with van der Waals surface area (Å²) in [7, 11) is 0. The van der Waals surface area contributed by atoms with Crippen LogP contribution < -0.4 is 0 Å². The Balaban J connectivity index is 1.62. The molecule has 0 saturated heterocycles. The van der Waals surface area contributed by atoms with Crippen LogP contribution in [0.3, 0.4) is 0 Å². The summed E-state index contributed by atoms with van der Waals surface area (Å²) in [5.41, 5.74) is 11.4. The topological polar surface area (TPSA) is 0 Å². The number of hydrogen-bond acceptors (Lipinski definition) is 0. The average Bonchev–Trinajstić information content (AvgIpc) is 3.18. The van der Waals surface area contributed by atoms with E-state index in [4.69, 9.17) is 0 Å². The van der Waals surface area contributed by atoms with Crippen molar-refractivity contribution in [3.63, 3.8) is 0 Å². The van der Waals surface area contributed by atoms with E-state index in [0.717, 1.165) is 30.1 Å².